The highest BCUT2D eigenvalue weighted by Crippen LogP contribution is 2.36. The highest BCUT2D eigenvalue weighted by atomic mass is 32.1. The van der Waals surface area contributed by atoms with Gasteiger partial charge in [-0.1, -0.05) is 30.3 Å². The molecule has 1 aliphatic rings. The minimum atomic E-state index is -0.657. The van der Waals surface area contributed by atoms with Gasteiger partial charge < -0.3 is 24.7 Å². The van der Waals surface area contributed by atoms with Gasteiger partial charge in [0.05, 0.1) is 52.9 Å². The zero-order chi connectivity index (χ0) is 29.6. The molecule has 4 heterocycles. The maximum absolute atomic E-state index is 13.5. The number of aromatic amines is 1. The summed E-state index contributed by atoms with van der Waals surface area (Å²) in [5.41, 5.74) is 3.65. The number of amides is 2. The van der Waals surface area contributed by atoms with Crippen LogP contribution in [0.15, 0.2) is 54.5 Å². The van der Waals surface area contributed by atoms with Gasteiger partial charge >= 0.3 is 0 Å². The lowest BCUT2D eigenvalue weighted by atomic mass is 9.93. The molecule has 0 spiro atoms. The van der Waals surface area contributed by atoms with Crippen LogP contribution in [0.2, 0.25) is 0 Å². The van der Waals surface area contributed by atoms with E-state index in [4.69, 9.17) is 9.47 Å². The normalized spacial score (nSPS) is 13.1. The van der Waals surface area contributed by atoms with Crippen molar-refractivity contribution in [3.8, 4) is 22.5 Å². The molecule has 42 heavy (non-hydrogen) atoms. The van der Waals surface area contributed by atoms with Crippen LogP contribution in [0.4, 0.5) is 0 Å². The van der Waals surface area contributed by atoms with E-state index >= 15 is 0 Å². The number of fused-ring (bicyclic) bond motifs is 1. The van der Waals surface area contributed by atoms with Crippen molar-refractivity contribution < 1.29 is 23.9 Å². The number of likely N-dealkylation sites (tertiary alicyclic amines) is 1. The topological polar surface area (TPSA) is 150 Å². The van der Waals surface area contributed by atoms with Crippen LogP contribution in [0.1, 0.15) is 33.6 Å². The summed E-state index contributed by atoms with van der Waals surface area (Å²) in [6.45, 7) is 0.829. The van der Waals surface area contributed by atoms with E-state index in [0.717, 1.165) is 16.0 Å². The second kappa shape index (κ2) is 12.8. The van der Waals surface area contributed by atoms with Gasteiger partial charge in [0.25, 0.3) is 11.7 Å². The van der Waals surface area contributed by atoms with Gasteiger partial charge in [-0.3, -0.25) is 14.4 Å². The first-order chi connectivity index (χ1) is 20.4. The molecule has 0 atom stereocenters. The van der Waals surface area contributed by atoms with Crippen LogP contribution in [0.25, 0.3) is 27.2 Å². The Labute approximate surface area is 245 Å². The third-order valence-corrected chi connectivity index (χ3v) is 8.01. The van der Waals surface area contributed by atoms with Crippen LogP contribution >= 0.6 is 11.3 Å². The van der Waals surface area contributed by atoms with Crippen molar-refractivity contribution >= 4 is 45.4 Å². The summed E-state index contributed by atoms with van der Waals surface area (Å²) in [4.78, 5) is 52.7. The number of rotatable bonds is 9. The summed E-state index contributed by atoms with van der Waals surface area (Å²) < 4.78 is 10.9. The molecule has 0 bridgehead atoms. The quantitative estimate of drug-likeness (QED) is 0.172. The van der Waals surface area contributed by atoms with Crippen LogP contribution < -0.4 is 10.1 Å². The number of aromatic nitrogens is 3. The predicted molar refractivity (Wildman–Crippen MR) is 157 cm³/mol. The largest absolute Gasteiger partial charge is 0.494 e. The van der Waals surface area contributed by atoms with Crippen LogP contribution in [-0.4, -0.2) is 71.3 Å². The van der Waals surface area contributed by atoms with E-state index in [9.17, 15) is 19.6 Å². The van der Waals surface area contributed by atoms with E-state index in [1.54, 1.807) is 6.20 Å². The molecule has 1 aromatic carbocycles. The Kier molecular flexibility index (Phi) is 8.71. The van der Waals surface area contributed by atoms with Crippen molar-refractivity contribution in [3.63, 3.8) is 0 Å². The summed E-state index contributed by atoms with van der Waals surface area (Å²) in [6.07, 6.45) is 5.68. The van der Waals surface area contributed by atoms with Gasteiger partial charge in [0.2, 0.25) is 5.91 Å². The van der Waals surface area contributed by atoms with Crippen LogP contribution in [0, 0.1) is 11.3 Å². The number of likely N-dealkylation sites (N-methyl/N-ethyl adjacent to an activating group) is 1. The number of ether oxygens (including phenoxy) is 2. The summed E-state index contributed by atoms with van der Waals surface area (Å²) in [5.74, 6) is -1.15. The number of carbonyl (C=O) groups is 3. The van der Waals surface area contributed by atoms with Crippen molar-refractivity contribution in [2.75, 3.05) is 33.9 Å². The molecule has 12 heteroatoms. The molecular weight excluding hydrogens is 556 g/mol. The number of H-pyrrole nitrogens is 1. The van der Waals surface area contributed by atoms with Crippen molar-refractivity contribution in [1.29, 1.82) is 5.26 Å². The Bertz CT molecular complexity index is 1710. The Morgan fingerprint density at radius 3 is 2.60 bits per heavy atom. The molecular formula is C30H28N6O5S. The second-order valence-electron chi connectivity index (χ2n) is 9.50. The van der Waals surface area contributed by atoms with Crippen LogP contribution in [0.3, 0.4) is 0 Å². The SMILES string of the molecule is CNC(=O)COCc1cnc(-c2ncc(OC)c3c(C(=O)C(=O)N4CCC(=C(C#N)c5ccccc5)CC4)c[nH]c23)s1. The van der Waals surface area contributed by atoms with Gasteiger partial charge in [-0.05, 0) is 24.0 Å². The molecule has 11 nitrogen and oxygen atoms in total. The number of methoxy groups -OCH3 is 1. The van der Waals surface area contributed by atoms with Crippen molar-refractivity contribution in [1.82, 2.24) is 25.2 Å². The number of carbonyl (C=O) groups excluding carboxylic acids is 3. The minimum Gasteiger partial charge on any atom is -0.494 e. The average molecular weight is 585 g/mol. The average Bonchev–Trinajstić information content (AvgIpc) is 3.69. The lowest BCUT2D eigenvalue weighted by Gasteiger charge is -2.28. The molecule has 0 radical (unpaired) electrons. The fraction of sp³-hybridized carbons (Fsp3) is 0.267. The molecule has 1 saturated heterocycles. The Hall–Kier alpha value is -4.86. The van der Waals surface area contributed by atoms with Crippen molar-refractivity contribution in [2.45, 2.75) is 19.4 Å². The minimum absolute atomic E-state index is 0.0635. The maximum Gasteiger partial charge on any atom is 0.295 e. The van der Waals surface area contributed by atoms with E-state index in [0.29, 0.717) is 58.9 Å². The number of nitrogens with zero attached hydrogens (tertiary/aromatic N) is 4. The number of nitriles is 1. The second-order valence-corrected chi connectivity index (χ2v) is 10.6. The molecule has 2 N–H and O–H groups in total. The summed E-state index contributed by atoms with van der Waals surface area (Å²) in [7, 11) is 3.01. The Balaban J connectivity index is 1.35. The molecule has 4 aromatic rings. The number of Topliss-reactive ketones (excluding diaryl/α,β-unsaturated/α-hetero) is 1. The number of piperidine rings is 1. The van der Waals surface area contributed by atoms with Gasteiger partial charge in [-0.15, -0.1) is 11.3 Å². The molecule has 0 unspecified atom stereocenters. The fourth-order valence-corrected chi connectivity index (χ4v) is 5.71. The third kappa shape index (κ3) is 5.79. The zero-order valence-electron chi connectivity index (χ0n) is 23.1. The first-order valence-corrected chi connectivity index (χ1v) is 14.0. The Morgan fingerprint density at radius 1 is 1.14 bits per heavy atom. The number of pyridine rings is 1. The molecule has 3 aromatic heterocycles. The number of thiazole rings is 1. The molecule has 2 amide bonds. The predicted octanol–water partition coefficient (Wildman–Crippen LogP) is 3.74. The van der Waals surface area contributed by atoms with Gasteiger partial charge in [-0.25, -0.2) is 9.97 Å². The molecule has 1 aliphatic heterocycles. The van der Waals surface area contributed by atoms with Gasteiger partial charge in [-0.2, -0.15) is 5.26 Å². The number of allylic oxidation sites excluding steroid dienone is 1. The van der Waals surface area contributed by atoms with Crippen LogP contribution in [-0.2, 0) is 20.9 Å². The smallest absolute Gasteiger partial charge is 0.295 e. The van der Waals surface area contributed by atoms with Gasteiger partial charge in [0.15, 0.2) is 0 Å². The molecule has 1 fully saturated rings. The number of nitrogens with one attached hydrogen (secondary N) is 2. The fourth-order valence-electron chi connectivity index (χ4n) is 4.86. The summed E-state index contributed by atoms with van der Waals surface area (Å²) in [6, 6.07) is 11.8. The van der Waals surface area contributed by atoms with E-state index in [2.05, 4.69) is 26.3 Å². The monoisotopic (exact) mass is 584 g/mol. The lowest BCUT2D eigenvalue weighted by molar-refractivity contribution is -0.127. The lowest BCUT2D eigenvalue weighted by Crippen LogP contribution is -2.40. The maximum atomic E-state index is 13.5. The molecule has 0 aliphatic carbocycles. The van der Waals surface area contributed by atoms with E-state index < -0.39 is 11.7 Å². The summed E-state index contributed by atoms with van der Waals surface area (Å²) in [5, 5.41) is 13.3. The standard InChI is InChI=1S/C30H28N6O5S/c1-32-24(37)17-41-16-20-13-35-29(42-20)27-26-25(23(40-2)15-34-27)22(14-33-26)28(38)30(39)36-10-8-19(9-11-36)21(12-31)18-6-4-3-5-7-18/h3-7,13-15,33H,8-11,16-17H2,1-2H3,(H,32,37). The van der Waals surface area contributed by atoms with Crippen molar-refractivity contribution in [2.24, 2.45) is 0 Å². The third-order valence-electron chi connectivity index (χ3n) is 7.03. The number of ketones is 1. The number of hydrogen-bond acceptors (Lipinski definition) is 9. The summed E-state index contributed by atoms with van der Waals surface area (Å²) >= 11 is 1.34. The van der Waals surface area contributed by atoms with E-state index in [1.807, 2.05) is 30.3 Å². The highest BCUT2D eigenvalue weighted by molar-refractivity contribution is 7.15. The molecule has 5 rings (SSSR count). The highest BCUT2D eigenvalue weighted by Gasteiger charge is 2.30. The number of hydrogen-bond donors (Lipinski definition) is 2. The van der Waals surface area contributed by atoms with Gasteiger partial charge in [0.1, 0.15) is 23.1 Å². The molecule has 0 saturated carbocycles. The Morgan fingerprint density at radius 2 is 1.90 bits per heavy atom. The van der Waals surface area contributed by atoms with E-state index in [1.165, 1.54) is 42.8 Å². The first-order valence-electron chi connectivity index (χ1n) is 13.2. The number of benzene rings is 1. The zero-order valence-corrected chi connectivity index (χ0v) is 23.9. The van der Waals surface area contributed by atoms with Gasteiger partial charge in [0, 0.05) is 32.5 Å². The van der Waals surface area contributed by atoms with E-state index in [-0.39, 0.29) is 24.7 Å². The first kappa shape index (κ1) is 28.7. The van der Waals surface area contributed by atoms with Crippen LogP contribution in [0.5, 0.6) is 5.75 Å². The van der Waals surface area contributed by atoms with Crippen molar-refractivity contribution in [3.05, 3.63) is 70.5 Å². The molecule has 214 valence electrons.